The smallest absolute Gasteiger partial charge is 0.126 e. The van der Waals surface area contributed by atoms with Crippen molar-refractivity contribution in [3.05, 3.63) is 29.0 Å². The molecule has 1 aromatic rings. The van der Waals surface area contributed by atoms with E-state index >= 15 is 0 Å². The third kappa shape index (κ3) is 2.70. The molecule has 3 heteroatoms. The molecule has 0 saturated heterocycles. The predicted molar refractivity (Wildman–Crippen MR) is 50.2 cm³/mol. The van der Waals surface area contributed by atoms with Crippen LogP contribution in [0.1, 0.15) is 13.8 Å². The van der Waals surface area contributed by atoms with E-state index in [1.807, 2.05) is 13.8 Å². The van der Waals surface area contributed by atoms with Crippen molar-refractivity contribution in [2.75, 3.05) is 5.32 Å². The summed E-state index contributed by atoms with van der Waals surface area (Å²) in [5.41, 5.74) is 0.718. The van der Waals surface area contributed by atoms with Gasteiger partial charge < -0.3 is 5.32 Å². The number of hydrogen-bond donors (Lipinski definition) is 1. The molecule has 0 heterocycles. The average molecular weight is 188 g/mol. The first kappa shape index (κ1) is 9.33. The van der Waals surface area contributed by atoms with Crippen molar-refractivity contribution >= 4 is 17.3 Å². The van der Waals surface area contributed by atoms with Crippen LogP contribution in [0.2, 0.25) is 5.02 Å². The number of hydrogen-bond acceptors (Lipinski definition) is 1. The van der Waals surface area contributed by atoms with Crippen LogP contribution in [0, 0.1) is 5.82 Å². The summed E-state index contributed by atoms with van der Waals surface area (Å²) in [6.07, 6.45) is 0. The second-order valence-corrected chi connectivity index (χ2v) is 3.39. The average Bonchev–Trinajstić information content (AvgIpc) is 1.81. The summed E-state index contributed by atoms with van der Waals surface area (Å²) in [4.78, 5) is 0. The third-order valence-electron chi connectivity index (χ3n) is 1.32. The molecule has 1 N–H and O–H groups in total. The van der Waals surface area contributed by atoms with Gasteiger partial charge in [0.05, 0.1) is 0 Å². The molecule has 0 saturated carbocycles. The summed E-state index contributed by atoms with van der Waals surface area (Å²) in [5.74, 6) is -0.314. The molecule has 0 bridgehead atoms. The van der Waals surface area contributed by atoms with Crippen molar-refractivity contribution < 1.29 is 4.39 Å². The normalized spacial score (nSPS) is 10.4. The van der Waals surface area contributed by atoms with Gasteiger partial charge in [-0.1, -0.05) is 11.6 Å². The van der Waals surface area contributed by atoms with Gasteiger partial charge in [0, 0.05) is 16.8 Å². The van der Waals surface area contributed by atoms with Gasteiger partial charge in [-0.05, 0) is 32.0 Å². The molecule has 0 atom stereocenters. The highest BCUT2D eigenvalue weighted by Gasteiger charge is 1.99. The van der Waals surface area contributed by atoms with E-state index < -0.39 is 0 Å². The summed E-state index contributed by atoms with van der Waals surface area (Å²) in [6.45, 7) is 3.97. The molecule has 0 radical (unpaired) electrons. The standard InChI is InChI=1S/C9H11ClFN/c1-6(2)12-9-4-7(10)3-8(11)5-9/h3-6,12H,1-2H3. The number of rotatable bonds is 2. The lowest BCUT2D eigenvalue weighted by atomic mass is 10.3. The Labute approximate surface area is 76.5 Å². The fourth-order valence-corrected chi connectivity index (χ4v) is 1.19. The summed E-state index contributed by atoms with van der Waals surface area (Å²) < 4.78 is 12.8. The zero-order chi connectivity index (χ0) is 9.14. The van der Waals surface area contributed by atoms with E-state index in [4.69, 9.17) is 11.6 Å². The Kier molecular flexibility index (Phi) is 2.93. The van der Waals surface area contributed by atoms with Gasteiger partial charge in [-0.3, -0.25) is 0 Å². The van der Waals surface area contributed by atoms with Crippen molar-refractivity contribution in [1.82, 2.24) is 0 Å². The van der Waals surface area contributed by atoms with Crippen LogP contribution in [0.4, 0.5) is 10.1 Å². The van der Waals surface area contributed by atoms with Crippen molar-refractivity contribution in [2.24, 2.45) is 0 Å². The quantitative estimate of drug-likeness (QED) is 0.749. The minimum atomic E-state index is -0.314. The Bertz CT molecular complexity index is 253. The zero-order valence-electron chi connectivity index (χ0n) is 7.07. The zero-order valence-corrected chi connectivity index (χ0v) is 7.82. The summed E-state index contributed by atoms with van der Waals surface area (Å²) in [6, 6.07) is 4.69. The minimum Gasteiger partial charge on any atom is -0.383 e. The largest absolute Gasteiger partial charge is 0.383 e. The maximum absolute atomic E-state index is 12.8. The SMILES string of the molecule is CC(C)Nc1cc(F)cc(Cl)c1. The van der Waals surface area contributed by atoms with Gasteiger partial charge in [-0.2, -0.15) is 0 Å². The fourth-order valence-electron chi connectivity index (χ4n) is 0.970. The van der Waals surface area contributed by atoms with Gasteiger partial charge in [0.1, 0.15) is 5.82 Å². The molecular formula is C9H11ClFN. The van der Waals surface area contributed by atoms with Crippen LogP contribution in [0.3, 0.4) is 0 Å². The summed E-state index contributed by atoms with van der Waals surface area (Å²) >= 11 is 5.65. The molecule has 1 nitrogen and oxygen atoms in total. The van der Waals surface area contributed by atoms with E-state index in [2.05, 4.69) is 5.32 Å². The second kappa shape index (κ2) is 3.76. The molecule has 1 aromatic carbocycles. The Balaban J connectivity index is 2.85. The molecule has 0 spiro atoms. The number of anilines is 1. The first-order valence-electron chi connectivity index (χ1n) is 3.80. The van der Waals surface area contributed by atoms with Crippen molar-refractivity contribution in [3.8, 4) is 0 Å². The van der Waals surface area contributed by atoms with Gasteiger partial charge in [0.15, 0.2) is 0 Å². The Hall–Kier alpha value is -0.760. The van der Waals surface area contributed by atoms with Gasteiger partial charge in [-0.25, -0.2) is 4.39 Å². The van der Waals surface area contributed by atoms with Crippen molar-refractivity contribution in [2.45, 2.75) is 19.9 Å². The van der Waals surface area contributed by atoms with Crippen molar-refractivity contribution in [1.29, 1.82) is 0 Å². The molecule has 0 unspecified atom stereocenters. The molecule has 66 valence electrons. The van der Waals surface area contributed by atoms with Gasteiger partial charge in [0.25, 0.3) is 0 Å². The van der Waals surface area contributed by atoms with Crippen LogP contribution >= 0.6 is 11.6 Å². The monoisotopic (exact) mass is 187 g/mol. The lowest BCUT2D eigenvalue weighted by Gasteiger charge is -2.09. The van der Waals surface area contributed by atoms with Crippen LogP contribution in [0.25, 0.3) is 0 Å². The first-order chi connectivity index (χ1) is 5.58. The van der Waals surface area contributed by atoms with Crippen LogP contribution in [-0.4, -0.2) is 6.04 Å². The molecule has 0 aromatic heterocycles. The Morgan fingerprint density at radius 3 is 2.50 bits per heavy atom. The van der Waals surface area contributed by atoms with Gasteiger partial charge >= 0.3 is 0 Å². The first-order valence-corrected chi connectivity index (χ1v) is 4.18. The van der Waals surface area contributed by atoms with E-state index in [9.17, 15) is 4.39 Å². The highest BCUT2D eigenvalue weighted by atomic mass is 35.5. The highest BCUT2D eigenvalue weighted by molar-refractivity contribution is 6.30. The predicted octanol–water partition coefficient (Wildman–Crippen LogP) is 3.30. The van der Waals surface area contributed by atoms with Crippen molar-refractivity contribution in [3.63, 3.8) is 0 Å². The Morgan fingerprint density at radius 2 is 2.00 bits per heavy atom. The minimum absolute atomic E-state index is 0.280. The maximum atomic E-state index is 12.8. The molecule has 1 rings (SSSR count). The highest BCUT2D eigenvalue weighted by Crippen LogP contribution is 2.18. The lowest BCUT2D eigenvalue weighted by molar-refractivity contribution is 0.628. The fraction of sp³-hybridized carbons (Fsp3) is 0.333. The molecule has 0 aliphatic rings. The lowest BCUT2D eigenvalue weighted by Crippen LogP contribution is -2.09. The van der Waals surface area contributed by atoms with E-state index in [0.29, 0.717) is 5.02 Å². The van der Waals surface area contributed by atoms with E-state index in [1.54, 1.807) is 6.07 Å². The van der Waals surface area contributed by atoms with Gasteiger partial charge in [0.2, 0.25) is 0 Å². The topological polar surface area (TPSA) is 12.0 Å². The number of halogens is 2. The molecular weight excluding hydrogens is 177 g/mol. The summed E-state index contributed by atoms with van der Waals surface area (Å²) in [7, 11) is 0. The number of nitrogens with one attached hydrogen (secondary N) is 1. The summed E-state index contributed by atoms with van der Waals surface area (Å²) in [5, 5.41) is 3.48. The molecule has 0 amide bonds. The molecule has 0 aliphatic carbocycles. The van der Waals surface area contributed by atoms with Crippen LogP contribution in [-0.2, 0) is 0 Å². The van der Waals surface area contributed by atoms with Gasteiger partial charge in [-0.15, -0.1) is 0 Å². The Morgan fingerprint density at radius 1 is 1.33 bits per heavy atom. The molecule has 12 heavy (non-hydrogen) atoms. The van der Waals surface area contributed by atoms with E-state index in [-0.39, 0.29) is 11.9 Å². The molecule has 0 aliphatic heterocycles. The molecule has 0 fully saturated rings. The van der Waals surface area contributed by atoms with E-state index in [1.165, 1.54) is 12.1 Å². The maximum Gasteiger partial charge on any atom is 0.126 e. The second-order valence-electron chi connectivity index (χ2n) is 2.96. The van der Waals surface area contributed by atoms with E-state index in [0.717, 1.165) is 5.69 Å². The third-order valence-corrected chi connectivity index (χ3v) is 1.54. The van der Waals surface area contributed by atoms with Crippen LogP contribution in [0.5, 0.6) is 0 Å². The van der Waals surface area contributed by atoms with Crippen LogP contribution in [0.15, 0.2) is 18.2 Å². The van der Waals surface area contributed by atoms with Crippen LogP contribution < -0.4 is 5.32 Å². The number of benzene rings is 1.